The summed E-state index contributed by atoms with van der Waals surface area (Å²) >= 11 is 0. The molecule has 0 aliphatic carbocycles. The van der Waals surface area contributed by atoms with Gasteiger partial charge in [-0.15, -0.1) is 0 Å². The first-order chi connectivity index (χ1) is 12.8. The van der Waals surface area contributed by atoms with Crippen LogP contribution in [0.5, 0.6) is 0 Å². The lowest BCUT2D eigenvalue weighted by Crippen LogP contribution is -2.20. The van der Waals surface area contributed by atoms with Crippen LogP contribution >= 0.6 is 0 Å². The number of hydrogen-bond donors (Lipinski definition) is 2. The van der Waals surface area contributed by atoms with Gasteiger partial charge in [0.2, 0.25) is 0 Å². The highest BCUT2D eigenvalue weighted by Crippen LogP contribution is 2.30. The van der Waals surface area contributed by atoms with Crippen LogP contribution in [0.4, 0.5) is 17.1 Å². The van der Waals surface area contributed by atoms with Crippen molar-refractivity contribution < 1.29 is 4.79 Å². The molecule has 0 spiro atoms. The van der Waals surface area contributed by atoms with E-state index >= 15 is 0 Å². The Morgan fingerprint density at radius 3 is 2.54 bits per heavy atom. The van der Waals surface area contributed by atoms with Crippen molar-refractivity contribution in [3.05, 3.63) is 96.5 Å². The number of rotatable bonds is 3. The van der Waals surface area contributed by atoms with Crippen LogP contribution in [0.3, 0.4) is 0 Å². The highest BCUT2D eigenvalue weighted by Gasteiger charge is 2.22. The fourth-order valence-electron chi connectivity index (χ4n) is 2.71. The van der Waals surface area contributed by atoms with E-state index < -0.39 is 0 Å². The minimum absolute atomic E-state index is 0.214. The van der Waals surface area contributed by atoms with Crippen molar-refractivity contribution in [2.75, 3.05) is 10.6 Å². The molecule has 5 heteroatoms. The summed E-state index contributed by atoms with van der Waals surface area (Å²) in [6.07, 6.45) is 5.06. The number of nitrogens with zero attached hydrogens (tertiary/aromatic N) is 2. The normalized spacial score (nSPS) is 14.8. The van der Waals surface area contributed by atoms with E-state index in [0.29, 0.717) is 17.0 Å². The number of aromatic nitrogens is 1. The summed E-state index contributed by atoms with van der Waals surface area (Å²) in [5.41, 5.74) is 4.15. The summed E-state index contributed by atoms with van der Waals surface area (Å²) in [5, 5.41) is 6.06. The zero-order valence-corrected chi connectivity index (χ0v) is 13.9. The van der Waals surface area contributed by atoms with Gasteiger partial charge >= 0.3 is 0 Å². The van der Waals surface area contributed by atoms with Crippen molar-refractivity contribution in [3.8, 4) is 0 Å². The van der Waals surface area contributed by atoms with Gasteiger partial charge in [0.15, 0.2) is 0 Å². The molecule has 0 saturated heterocycles. The lowest BCUT2D eigenvalue weighted by atomic mass is 10.0. The minimum Gasteiger partial charge on any atom is -0.360 e. The van der Waals surface area contributed by atoms with Gasteiger partial charge < -0.3 is 10.6 Å². The van der Waals surface area contributed by atoms with Crippen LogP contribution in [-0.4, -0.2) is 16.6 Å². The third-order valence-electron chi connectivity index (χ3n) is 3.98. The summed E-state index contributed by atoms with van der Waals surface area (Å²) < 4.78 is 0. The lowest BCUT2D eigenvalue weighted by molar-refractivity contribution is -0.112. The van der Waals surface area contributed by atoms with Gasteiger partial charge in [-0.25, -0.2) is 4.99 Å². The Kier molecular flexibility index (Phi) is 4.26. The molecule has 0 fully saturated rings. The number of pyridine rings is 1. The molecule has 0 atom stereocenters. The van der Waals surface area contributed by atoms with Gasteiger partial charge in [0.1, 0.15) is 0 Å². The van der Waals surface area contributed by atoms with Crippen molar-refractivity contribution in [3.63, 3.8) is 0 Å². The summed E-state index contributed by atoms with van der Waals surface area (Å²) in [5.74, 6) is -0.214. The number of fused-ring (bicyclic) bond motifs is 1. The van der Waals surface area contributed by atoms with Gasteiger partial charge in [-0.3, -0.25) is 9.78 Å². The van der Waals surface area contributed by atoms with Crippen LogP contribution in [0, 0.1) is 0 Å². The number of anilines is 2. The smallest absolute Gasteiger partial charge is 0.259 e. The number of aliphatic imine (C=N–C) groups is 1. The van der Waals surface area contributed by atoms with E-state index in [0.717, 1.165) is 16.9 Å². The number of amides is 1. The average molecular weight is 340 g/mol. The minimum atomic E-state index is -0.214. The van der Waals surface area contributed by atoms with Gasteiger partial charge in [-0.05, 0) is 24.3 Å². The van der Waals surface area contributed by atoms with Crippen molar-refractivity contribution in [1.29, 1.82) is 0 Å². The van der Waals surface area contributed by atoms with E-state index in [9.17, 15) is 4.79 Å². The number of nitrogens with one attached hydrogen (secondary N) is 2. The summed E-state index contributed by atoms with van der Waals surface area (Å²) in [6, 6.07) is 20.9. The zero-order chi connectivity index (χ0) is 17.8. The molecule has 2 heterocycles. The molecule has 0 bridgehead atoms. The molecule has 0 unspecified atom stereocenters. The second-order valence-corrected chi connectivity index (χ2v) is 5.74. The van der Waals surface area contributed by atoms with E-state index in [2.05, 4.69) is 15.6 Å². The predicted molar refractivity (Wildman–Crippen MR) is 104 cm³/mol. The first-order valence-electron chi connectivity index (χ1n) is 8.23. The molecule has 0 radical (unpaired) electrons. The SMILES string of the molecule is O=C1Nc2ccccc2N=C(c2ccccc2)/C1=C/Nc1cccnc1. The topological polar surface area (TPSA) is 66.4 Å². The zero-order valence-electron chi connectivity index (χ0n) is 13.9. The van der Waals surface area contributed by atoms with E-state index in [4.69, 9.17) is 4.99 Å². The van der Waals surface area contributed by atoms with Gasteiger partial charge in [0.25, 0.3) is 5.91 Å². The van der Waals surface area contributed by atoms with Crippen molar-refractivity contribution in [2.24, 2.45) is 4.99 Å². The van der Waals surface area contributed by atoms with E-state index in [1.807, 2.05) is 66.7 Å². The number of carbonyl (C=O) groups is 1. The number of benzene rings is 2. The number of para-hydroxylation sites is 2. The molecule has 5 nitrogen and oxygen atoms in total. The third-order valence-corrected chi connectivity index (χ3v) is 3.98. The predicted octanol–water partition coefficient (Wildman–Crippen LogP) is 4.15. The van der Waals surface area contributed by atoms with Crippen LogP contribution in [0.2, 0.25) is 0 Å². The molecule has 0 saturated carbocycles. The maximum atomic E-state index is 12.9. The largest absolute Gasteiger partial charge is 0.360 e. The molecule has 26 heavy (non-hydrogen) atoms. The van der Waals surface area contributed by atoms with Gasteiger partial charge in [-0.1, -0.05) is 42.5 Å². The average Bonchev–Trinajstić information content (AvgIpc) is 2.83. The standard InChI is InChI=1S/C21H16N4O/c26-21-17(14-23-16-9-6-12-22-13-16)20(15-7-2-1-3-8-15)24-18-10-4-5-11-19(18)25-21/h1-14,23H,(H,25,26)/b17-14-. The second-order valence-electron chi connectivity index (χ2n) is 5.74. The number of carbonyl (C=O) groups excluding carboxylic acids is 1. The van der Waals surface area contributed by atoms with E-state index in [1.54, 1.807) is 18.6 Å². The first-order valence-corrected chi connectivity index (χ1v) is 8.23. The molecular formula is C21H16N4O. The fraction of sp³-hybridized carbons (Fsp3) is 0. The summed E-state index contributed by atoms with van der Waals surface area (Å²) in [6.45, 7) is 0. The van der Waals surface area contributed by atoms with Crippen LogP contribution < -0.4 is 10.6 Å². The molecule has 1 amide bonds. The molecule has 2 N–H and O–H groups in total. The fourth-order valence-corrected chi connectivity index (χ4v) is 2.71. The van der Waals surface area contributed by atoms with Crippen molar-refractivity contribution in [1.82, 2.24) is 4.98 Å². The summed E-state index contributed by atoms with van der Waals surface area (Å²) in [4.78, 5) is 21.7. The molecule has 3 aromatic rings. The monoisotopic (exact) mass is 340 g/mol. The molecule has 126 valence electrons. The van der Waals surface area contributed by atoms with Crippen molar-refractivity contribution >= 4 is 28.7 Å². The Morgan fingerprint density at radius 2 is 1.73 bits per heavy atom. The Labute approximate surface area is 151 Å². The highest BCUT2D eigenvalue weighted by atomic mass is 16.1. The van der Waals surface area contributed by atoms with Gasteiger partial charge in [0, 0.05) is 18.0 Å². The summed E-state index contributed by atoms with van der Waals surface area (Å²) in [7, 11) is 0. The molecule has 1 aromatic heterocycles. The molecule has 2 aromatic carbocycles. The Bertz CT molecular complexity index is 995. The molecule has 4 rings (SSSR count). The second kappa shape index (κ2) is 7.03. The molecule has 1 aliphatic rings. The maximum Gasteiger partial charge on any atom is 0.259 e. The van der Waals surface area contributed by atoms with Crippen LogP contribution in [0.1, 0.15) is 5.56 Å². The third kappa shape index (κ3) is 3.23. The Balaban J connectivity index is 1.82. The maximum absolute atomic E-state index is 12.9. The number of hydrogen-bond acceptors (Lipinski definition) is 4. The lowest BCUT2D eigenvalue weighted by Gasteiger charge is -2.09. The van der Waals surface area contributed by atoms with E-state index in [-0.39, 0.29) is 5.91 Å². The Hall–Kier alpha value is -3.73. The molecular weight excluding hydrogens is 324 g/mol. The quantitative estimate of drug-likeness (QED) is 0.704. The van der Waals surface area contributed by atoms with Crippen molar-refractivity contribution in [2.45, 2.75) is 0 Å². The molecule has 1 aliphatic heterocycles. The van der Waals surface area contributed by atoms with Crippen LogP contribution in [0.25, 0.3) is 0 Å². The van der Waals surface area contributed by atoms with Gasteiger partial charge in [0.05, 0.1) is 34.5 Å². The highest BCUT2D eigenvalue weighted by molar-refractivity contribution is 6.32. The Morgan fingerprint density at radius 1 is 0.923 bits per heavy atom. The first kappa shape index (κ1) is 15.8. The van der Waals surface area contributed by atoms with Crippen LogP contribution in [0.15, 0.2) is 95.9 Å². The van der Waals surface area contributed by atoms with E-state index in [1.165, 1.54) is 0 Å². The van der Waals surface area contributed by atoms with Gasteiger partial charge in [-0.2, -0.15) is 0 Å². The van der Waals surface area contributed by atoms with Crippen LogP contribution in [-0.2, 0) is 4.79 Å².